The van der Waals surface area contributed by atoms with Gasteiger partial charge < -0.3 is 5.73 Å². The van der Waals surface area contributed by atoms with E-state index < -0.39 is 0 Å². The Kier molecular flexibility index (Phi) is 2.31. The van der Waals surface area contributed by atoms with Crippen LogP contribution in [0.2, 0.25) is 0 Å². The Hall–Kier alpha value is -0.890. The lowest BCUT2D eigenvalue weighted by Crippen LogP contribution is -2.22. The summed E-state index contributed by atoms with van der Waals surface area (Å²) in [6.45, 7) is 1.80. The van der Waals surface area contributed by atoms with Crippen molar-refractivity contribution in [2.45, 2.75) is 38.1 Å². The van der Waals surface area contributed by atoms with Crippen molar-refractivity contribution in [3.05, 3.63) is 35.1 Å². The highest BCUT2D eigenvalue weighted by molar-refractivity contribution is 5.24. The lowest BCUT2D eigenvalue weighted by atomic mass is 10.0. The molecule has 0 heterocycles. The number of nitrogens with two attached hydrogens (primary N) is 1. The smallest absolute Gasteiger partial charge is 0.126 e. The first-order chi connectivity index (χ1) is 6.59. The Bertz CT molecular complexity index is 342. The van der Waals surface area contributed by atoms with Crippen molar-refractivity contribution < 1.29 is 4.39 Å². The van der Waals surface area contributed by atoms with Crippen LogP contribution in [0.5, 0.6) is 0 Å². The fourth-order valence-corrected chi connectivity index (χ4v) is 1.67. The summed E-state index contributed by atoms with van der Waals surface area (Å²) in [5, 5.41) is 0. The maximum atomic E-state index is 13.0. The first-order valence-electron chi connectivity index (χ1n) is 5.13. The molecule has 1 fully saturated rings. The van der Waals surface area contributed by atoms with E-state index in [0.29, 0.717) is 0 Å². The number of hydrogen-bond acceptors (Lipinski definition) is 1. The molecule has 2 rings (SSSR count). The Morgan fingerprint density at radius 3 is 2.71 bits per heavy atom. The quantitative estimate of drug-likeness (QED) is 0.784. The van der Waals surface area contributed by atoms with Gasteiger partial charge in [0.1, 0.15) is 5.82 Å². The molecular formula is C12H16FN. The van der Waals surface area contributed by atoms with Crippen LogP contribution in [0.25, 0.3) is 0 Å². The average Bonchev–Trinajstić information content (AvgIpc) is 2.87. The van der Waals surface area contributed by atoms with Gasteiger partial charge in [0.05, 0.1) is 0 Å². The van der Waals surface area contributed by atoms with Gasteiger partial charge in [-0.1, -0.05) is 12.1 Å². The second-order valence-electron chi connectivity index (χ2n) is 4.45. The summed E-state index contributed by atoms with van der Waals surface area (Å²) in [7, 11) is 0. The molecule has 1 aromatic rings. The molecule has 1 aliphatic rings. The lowest BCUT2D eigenvalue weighted by molar-refractivity contribution is 0.602. The van der Waals surface area contributed by atoms with Crippen LogP contribution in [0.15, 0.2) is 18.2 Å². The van der Waals surface area contributed by atoms with Crippen LogP contribution in [0.3, 0.4) is 0 Å². The fraction of sp³-hybridized carbons (Fsp3) is 0.500. The first kappa shape index (κ1) is 9.66. The van der Waals surface area contributed by atoms with Crippen LogP contribution in [0, 0.1) is 12.7 Å². The van der Waals surface area contributed by atoms with Gasteiger partial charge in [-0.05, 0) is 49.8 Å². The molecule has 2 N–H and O–H groups in total. The van der Waals surface area contributed by atoms with Crippen molar-refractivity contribution >= 4 is 0 Å². The van der Waals surface area contributed by atoms with Gasteiger partial charge in [-0.25, -0.2) is 4.39 Å². The van der Waals surface area contributed by atoms with Crippen molar-refractivity contribution in [2.24, 2.45) is 5.73 Å². The van der Waals surface area contributed by atoms with E-state index in [-0.39, 0.29) is 11.4 Å². The molecule has 1 nitrogen and oxygen atoms in total. The van der Waals surface area contributed by atoms with Crippen LogP contribution in [0.1, 0.15) is 30.4 Å². The lowest BCUT2D eigenvalue weighted by Gasteiger charge is -2.08. The summed E-state index contributed by atoms with van der Waals surface area (Å²) >= 11 is 0. The number of halogens is 1. The van der Waals surface area contributed by atoms with E-state index >= 15 is 0 Å². The molecule has 0 radical (unpaired) electrons. The van der Waals surface area contributed by atoms with Crippen LogP contribution in [0.4, 0.5) is 4.39 Å². The van der Waals surface area contributed by atoms with Crippen LogP contribution >= 0.6 is 0 Å². The minimum atomic E-state index is -0.123. The zero-order chi connectivity index (χ0) is 10.2. The van der Waals surface area contributed by atoms with E-state index in [1.807, 2.05) is 12.1 Å². The predicted octanol–water partition coefficient (Wildman–Crippen LogP) is 2.56. The van der Waals surface area contributed by atoms with Crippen LogP contribution in [-0.2, 0) is 6.42 Å². The summed E-state index contributed by atoms with van der Waals surface area (Å²) in [6, 6.07) is 5.32. The van der Waals surface area contributed by atoms with Crippen LogP contribution < -0.4 is 5.73 Å². The Balaban J connectivity index is 1.99. The molecule has 0 amide bonds. The third-order valence-electron chi connectivity index (χ3n) is 3.03. The zero-order valence-electron chi connectivity index (χ0n) is 8.52. The number of benzene rings is 1. The molecular weight excluding hydrogens is 177 g/mol. The highest BCUT2D eigenvalue weighted by Gasteiger charge is 2.37. The third kappa shape index (κ3) is 2.13. The minimum absolute atomic E-state index is 0.0995. The molecule has 1 aromatic carbocycles. The molecule has 14 heavy (non-hydrogen) atoms. The van der Waals surface area contributed by atoms with Gasteiger partial charge >= 0.3 is 0 Å². The standard InChI is InChI=1S/C12H16FN/c1-9-8-10(2-3-11(9)13)4-5-12(14)6-7-12/h2-3,8H,4-7,14H2,1H3. The summed E-state index contributed by atoms with van der Waals surface area (Å²) in [6.07, 6.45) is 4.29. The van der Waals surface area contributed by atoms with Crippen molar-refractivity contribution in [3.8, 4) is 0 Å². The molecule has 0 saturated heterocycles. The Labute approximate surface area is 84.1 Å². The molecule has 1 aliphatic carbocycles. The zero-order valence-corrected chi connectivity index (χ0v) is 8.52. The SMILES string of the molecule is Cc1cc(CCC2(N)CC2)ccc1F. The normalized spacial score (nSPS) is 18.2. The summed E-state index contributed by atoms with van der Waals surface area (Å²) in [5.41, 5.74) is 8.01. The van der Waals surface area contributed by atoms with Gasteiger partial charge in [0.25, 0.3) is 0 Å². The van der Waals surface area contributed by atoms with E-state index in [9.17, 15) is 4.39 Å². The molecule has 76 valence electrons. The Morgan fingerprint density at radius 2 is 2.14 bits per heavy atom. The Morgan fingerprint density at radius 1 is 1.43 bits per heavy atom. The van der Waals surface area contributed by atoms with E-state index in [0.717, 1.165) is 31.2 Å². The van der Waals surface area contributed by atoms with Gasteiger partial charge in [-0.3, -0.25) is 0 Å². The predicted molar refractivity (Wildman–Crippen MR) is 55.6 cm³/mol. The van der Waals surface area contributed by atoms with Crippen LogP contribution in [-0.4, -0.2) is 5.54 Å². The van der Waals surface area contributed by atoms with Gasteiger partial charge in [0.2, 0.25) is 0 Å². The van der Waals surface area contributed by atoms with E-state index in [2.05, 4.69) is 0 Å². The molecule has 0 atom stereocenters. The van der Waals surface area contributed by atoms with E-state index in [4.69, 9.17) is 5.73 Å². The first-order valence-corrected chi connectivity index (χ1v) is 5.13. The molecule has 0 unspecified atom stereocenters. The van der Waals surface area contributed by atoms with Crippen molar-refractivity contribution in [2.75, 3.05) is 0 Å². The molecule has 0 bridgehead atoms. The topological polar surface area (TPSA) is 26.0 Å². The van der Waals surface area contributed by atoms with Gasteiger partial charge in [-0.15, -0.1) is 0 Å². The largest absolute Gasteiger partial charge is 0.325 e. The maximum Gasteiger partial charge on any atom is 0.126 e. The minimum Gasteiger partial charge on any atom is -0.325 e. The fourth-order valence-electron chi connectivity index (χ4n) is 1.67. The van der Waals surface area contributed by atoms with Crippen molar-refractivity contribution in [3.63, 3.8) is 0 Å². The summed E-state index contributed by atoms with van der Waals surface area (Å²) in [5.74, 6) is -0.123. The number of aryl methyl sites for hydroxylation is 2. The third-order valence-corrected chi connectivity index (χ3v) is 3.03. The van der Waals surface area contributed by atoms with Crippen molar-refractivity contribution in [1.82, 2.24) is 0 Å². The number of hydrogen-bond donors (Lipinski definition) is 1. The maximum absolute atomic E-state index is 13.0. The second kappa shape index (κ2) is 3.35. The number of rotatable bonds is 3. The van der Waals surface area contributed by atoms with E-state index in [1.165, 1.54) is 5.56 Å². The molecule has 2 heteroatoms. The van der Waals surface area contributed by atoms with Gasteiger partial charge in [0, 0.05) is 5.54 Å². The highest BCUT2D eigenvalue weighted by atomic mass is 19.1. The molecule has 1 saturated carbocycles. The highest BCUT2D eigenvalue weighted by Crippen LogP contribution is 2.36. The summed E-state index contributed by atoms with van der Waals surface area (Å²) < 4.78 is 13.0. The molecule has 0 aromatic heterocycles. The molecule has 0 aliphatic heterocycles. The second-order valence-corrected chi connectivity index (χ2v) is 4.45. The monoisotopic (exact) mass is 193 g/mol. The van der Waals surface area contributed by atoms with Crippen molar-refractivity contribution in [1.29, 1.82) is 0 Å². The van der Waals surface area contributed by atoms with Gasteiger partial charge in [-0.2, -0.15) is 0 Å². The summed E-state index contributed by atoms with van der Waals surface area (Å²) in [4.78, 5) is 0. The average molecular weight is 193 g/mol. The molecule has 0 spiro atoms. The van der Waals surface area contributed by atoms with E-state index in [1.54, 1.807) is 13.0 Å². The van der Waals surface area contributed by atoms with Gasteiger partial charge in [0.15, 0.2) is 0 Å².